The molecule has 0 saturated carbocycles. The molecule has 0 saturated heterocycles. The molecule has 0 atom stereocenters. The van der Waals surface area contributed by atoms with Gasteiger partial charge in [-0.3, -0.25) is 4.79 Å². The van der Waals surface area contributed by atoms with Gasteiger partial charge in [0, 0.05) is 19.2 Å². The molecule has 2 rings (SSSR count). The third kappa shape index (κ3) is 4.59. The van der Waals surface area contributed by atoms with Crippen LogP contribution in [0.25, 0.3) is 0 Å². The Morgan fingerprint density at radius 3 is 2.29 bits per heavy atom. The van der Waals surface area contributed by atoms with Gasteiger partial charge in [0.05, 0.1) is 0 Å². The average molecular weight is 327 g/mol. The Morgan fingerprint density at radius 1 is 1.04 bits per heavy atom. The number of carbonyl (C=O) groups excluding carboxylic acids is 1. The van der Waals surface area contributed by atoms with E-state index in [0.29, 0.717) is 17.9 Å². The summed E-state index contributed by atoms with van der Waals surface area (Å²) in [6.07, 6.45) is 0. The molecular formula is C19H21NO4. The Bertz CT molecular complexity index is 738. The van der Waals surface area contributed by atoms with Gasteiger partial charge in [-0.1, -0.05) is 18.2 Å². The van der Waals surface area contributed by atoms with Crippen LogP contribution in [0.1, 0.15) is 27.0 Å². The number of carbonyl (C=O) groups is 2. The second kappa shape index (κ2) is 7.64. The number of rotatable bonds is 6. The number of aryl methyl sites for hydroxylation is 2. The van der Waals surface area contributed by atoms with Gasteiger partial charge in [0.2, 0.25) is 0 Å². The summed E-state index contributed by atoms with van der Waals surface area (Å²) < 4.78 is 5.06. The van der Waals surface area contributed by atoms with Crippen LogP contribution in [0.3, 0.4) is 0 Å². The number of amides is 1. The van der Waals surface area contributed by atoms with Crippen molar-refractivity contribution >= 4 is 11.9 Å². The minimum Gasteiger partial charge on any atom is -0.482 e. The molecule has 0 aromatic heterocycles. The number of carboxylic acids is 1. The van der Waals surface area contributed by atoms with E-state index in [1.165, 1.54) is 11.1 Å². The van der Waals surface area contributed by atoms with E-state index < -0.39 is 12.6 Å². The van der Waals surface area contributed by atoms with E-state index in [4.69, 9.17) is 9.84 Å². The zero-order valence-electron chi connectivity index (χ0n) is 14.1. The van der Waals surface area contributed by atoms with Gasteiger partial charge in [-0.2, -0.15) is 0 Å². The molecule has 5 nitrogen and oxygen atoms in total. The van der Waals surface area contributed by atoms with Crippen molar-refractivity contribution in [2.75, 3.05) is 13.7 Å². The van der Waals surface area contributed by atoms with Gasteiger partial charge in [-0.05, 0) is 54.8 Å². The molecule has 0 aliphatic carbocycles. The standard InChI is InChI=1S/C19H21NO4/c1-13-4-5-15(10-14(13)2)11-20(3)19(23)16-6-8-17(9-7-16)24-12-18(21)22/h4-10H,11-12H2,1-3H3,(H,21,22). The molecule has 24 heavy (non-hydrogen) atoms. The molecule has 0 aliphatic rings. The molecule has 0 radical (unpaired) electrons. The highest BCUT2D eigenvalue weighted by atomic mass is 16.5. The second-order valence-corrected chi connectivity index (χ2v) is 5.79. The Morgan fingerprint density at radius 2 is 1.71 bits per heavy atom. The normalized spacial score (nSPS) is 10.3. The first-order valence-corrected chi connectivity index (χ1v) is 7.63. The van der Waals surface area contributed by atoms with E-state index in [1.54, 1.807) is 36.2 Å². The first-order chi connectivity index (χ1) is 11.4. The molecule has 126 valence electrons. The predicted molar refractivity (Wildman–Crippen MR) is 91.3 cm³/mol. The molecule has 0 heterocycles. The second-order valence-electron chi connectivity index (χ2n) is 5.79. The topological polar surface area (TPSA) is 66.8 Å². The van der Waals surface area contributed by atoms with Gasteiger partial charge < -0.3 is 14.7 Å². The first-order valence-electron chi connectivity index (χ1n) is 7.63. The van der Waals surface area contributed by atoms with Crippen molar-refractivity contribution in [3.8, 4) is 5.75 Å². The monoisotopic (exact) mass is 327 g/mol. The van der Waals surface area contributed by atoms with Crippen LogP contribution in [0.4, 0.5) is 0 Å². The molecular weight excluding hydrogens is 306 g/mol. The van der Waals surface area contributed by atoms with Crippen LogP contribution >= 0.6 is 0 Å². The van der Waals surface area contributed by atoms with Gasteiger partial charge in [-0.15, -0.1) is 0 Å². The summed E-state index contributed by atoms with van der Waals surface area (Å²) in [5.41, 5.74) is 4.04. The minimum absolute atomic E-state index is 0.0991. The summed E-state index contributed by atoms with van der Waals surface area (Å²) in [6, 6.07) is 12.6. The van der Waals surface area contributed by atoms with Crippen LogP contribution in [0.2, 0.25) is 0 Å². The molecule has 5 heteroatoms. The molecule has 2 aromatic carbocycles. The fourth-order valence-corrected chi connectivity index (χ4v) is 2.31. The summed E-state index contributed by atoms with van der Waals surface area (Å²) in [7, 11) is 1.76. The average Bonchev–Trinajstić information content (AvgIpc) is 2.56. The number of nitrogens with zero attached hydrogens (tertiary/aromatic N) is 1. The Labute approximate surface area is 141 Å². The summed E-state index contributed by atoms with van der Waals surface area (Å²) in [5, 5.41) is 8.58. The van der Waals surface area contributed by atoms with Crippen molar-refractivity contribution in [2.24, 2.45) is 0 Å². The van der Waals surface area contributed by atoms with Gasteiger partial charge >= 0.3 is 5.97 Å². The molecule has 1 N–H and O–H groups in total. The van der Waals surface area contributed by atoms with Crippen molar-refractivity contribution in [1.82, 2.24) is 4.90 Å². The fraction of sp³-hybridized carbons (Fsp3) is 0.263. The van der Waals surface area contributed by atoms with E-state index in [0.717, 1.165) is 5.56 Å². The molecule has 0 spiro atoms. The third-order valence-corrected chi connectivity index (χ3v) is 3.80. The summed E-state index contributed by atoms with van der Waals surface area (Å²) in [4.78, 5) is 24.6. The lowest BCUT2D eigenvalue weighted by molar-refractivity contribution is -0.139. The summed E-state index contributed by atoms with van der Waals surface area (Å²) >= 11 is 0. The summed E-state index contributed by atoms with van der Waals surface area (Å²) in [6.45, 7) is 4.23. The van der Waals surface area contributed by atoms with Gasteiger partial charge in [0.15, 0.2) is 6.61 Å². The molecule has 0 aliphatic heterocycles. The number of aliphatic carboxylic acids is 1. The lowest BCUT2D eigenvalue weighted by Crippen LogP contribution is -2.26. The van der Waals surface area contributed by atoms with E-state index in [1.807, 2.05) is 6.07 Å². The highest BCUT2D eigenvalue weighted by Gasteiger charge is 2.12. The van der Waals surface area contributed by atoms with Crippen molar-refractivity contribution in [3.05, 3.63) is 64.7 Å². The van der Waals surface area contributed by atoms with E-state index >= 15 is 0 Å². The van der Waals surface area contributed by atoms with Gasteiger partial charge in [0.1, 0.15) is 5.75 Å². The molecule has 2 aromatic rings. The predicted octanol–water partition coefficient (Wildman–Crippen LogP) is 3.04. The molecule has 0 fully saturated rings. The highest BCUT2D eigenvalue weighted by molar-refractivity contribution is 5.94. The summed E-state index contributed by atoms with van der Waals surface area (Å²) in [5.74, 6) is -0.716. The number of hydrogen-bond acceptors (Lipinski definition) is 3. The van der Waals surface area contributed by atoms with Crippen molar-refractivity contribution in [2.45, 2.75) is 20.4 Å². The third-order valence-electron chi connectivity index (χ3n) is 3.80. The number of hydrogen-bond donors (Lipinski definition) is 1. The Hall–Kier alpha value is -2.82. The Kier molecular flexibility index (Phi) is 5.58. The number of benzene rings is 2. The zero-order chi connectivity index (χ0) is 17.7. The molecule has 0 unspecified atom stereocenters. The van der Waals surface area contributed by atoms with Gasteiger partial charge in [0.25, 0.3) is 5.91 Å². The maximum Gasteiger partial charge on any atom is 0.341 e. The first kappa shape index (κ1) is 17.5. The quantitative estimate of drug-likeness (QED) is 0.885. The van der Waals surface area contributed by atoms with E-state index in [-0.39, 0.29) is 5.91 Å². The van der Waals surface area contributed by atoms with Gasteiger partial charge in [-0.25, -0.2) is 4.79 Å². The van der Waals surface area contributed by atoms with Crippen molar-refractivity contribution in [3.63, 3.8) is 0 Å². The van der Waals surface area contributed by atoms with Crippen molar-refractivity contribution < 1.29 is 19.4 Å². The number of ether oxygens (including phenoxy) is 1. The lowest BCUT2D eigenvalue weighted by Gasteiger charge is -2.18. The van der Waals surface area contributed by atoms with Crippen LogP contribution in [-0.4, -0.2) is 35.5 Å². The Balaban J connectivity index is 2.01. The van der Waals surface area contributed by atoms with Crippen LogP contribution in [-0.2, 0) is 11.3 Å². The van der Waals surface area contributed by atoms with E-state index in [2.05, 4.69) is 26.0 Å². The zero-order valence-corrected chi connectivity index (χ0v) is 14.1. The molecule has 1 amide bonds. The van der Waals surface area contributed by atoms with Crippen molar-refractivity contribution in [1.29, 1.82) is 0 Å². The van der Waals surface area contributed by atoms with Crippen LogP contribution in [0.5, 0.6) is 5.75 Å². The highest BCUT2D eigenvalue weighted by Crippen LogP contribution is 2.16. The lowest BCUT2D eigenvalue weighted by atomic mass is 10.1. The van der Waals surface area contributed by atoms with Crippen LogP contribution in [0.15, 0.2) is 42.5 Å². The fourth-order valence-electron chi connectivity index (χ4n) is 2.31. The SMILES string of the molecule is Cc1ccc(CN(C)C(=O)c2ccc(OCC(=O)O)cc2)cc1C. The number of carboxylic acid groups (broad SMARTS) is 1. The molecule has 0 bridgehead atoms. The largest absolute Gasteiger partial charge is 0.482 e. The van der Waals surface area contributed by atoms with E-state index in [9.17, 15) is 9.59 Å². The van der Waals surface area contributed by atoms with Crippen LogP contribution in [0, 0.1) is 13.8 Å². The smallest absolute Gasteiger partial charge is 0.341 e. The van der Waals surface area contributed by atoms with Crippen LogP contribution < -0.4 is 4.74 Å². The maximum atomic E-state index is 12.5. The minimum atomic E-state index is -1.04. The maximum absolute atomic E-state index is 12.5.